The Morgan fingerprint density at radius 3 is 2.76 bits per heavy atom. The van der Waals surface area contributed by atoms with Crippen LogP contribution in [0.2, 0.25) is 0 Å². The van der Waals surface area contributed by atoms with Crippen LogP contribution in [0.25, 0.3) is 11.6 Å². The van der Waals surface area contributed by atoms with Gasteiger partial charge in [-0.05, 0) is 42.8 Å². The second-order valence-corrected chi connectivity index (χ2v) is 4.23. The van der Waals surface area contributed by atoms with Gasteiger partial charge in [-0.2, -0.15) is 5.26 Å². The molecule has 21 heavy (non-hydrogen) atoms. The lowest BCUT2D eigenvalue weighted by Gasteiger charge is -2.09. The lowest BCUT2D eigenvalue weighted by molar-refractivity contribution is 0.311. The highest BCUT2D eigenvalue weighted by atomic mass is 16.5. The van der Waals surface area contributed by atoms with Crippen molar-refractivity contribution in [1.29, 1.82) is 5.26 Å². The average molecular weight is 280 g/mol. The van der Waals surface area contributed by atoms with Crippen LogP contribution in [0.3, 0.4) is 0 Å². The molecule has 0 aliphatic heterocycles. The molecule has 0 saturated heterocycles. The lowest BCUT2D eigenvalue weighted by Crippen LogP contribution is -1.95. The molecular formula is C17H16N2O2. The van der Waals surface area contributed by atoms with Crippen molar-refractivity contribution >= 4 is 11.6 Å². The Labute approximate surface area is 124 Å². The molecule has 0 saturated carbocycles. The van der Waals surface area contributed by atoms with E-state index in [4.69, 9.17) is 9.47 Å². The standard InChI is InChI=1S/C17H16N2O2/c1-3-21-16-8-7-13(11-17(16)20-2)10-14(12-18)15-6-4-5-9-19-15/h4-11H,3H2,1-2H3. The number of pyridine rings is 1. The van der Waals surface area contributed by atoms with Gasteiger partial charge in [-0.1, -0.05) is 12.1 Å². The van der Waals surface area contributed by atoms with Crippen molar-refractivity contribution < 1.29 is 9.47 Å². The van der Waals surface area contributed by atoms with Crippen LogP contribution in [0.5, 0.6) is 11.5 Å². The minimum Gasteiger partial charge on any atom is -0.493 e. The van der Waals surface area contributed by atoms with Crippen molar-refractivity contribution in [3.63, 3.8) is 0 Å². The second-order valence-electron chi connectivity index (χ2n) is 4.23. The van der Waals surface area contributed by atoms with E-state index in [2.05, 4.69) is 11.1 Å². The highest BCUT2D eigenvalue weighted by molar-refractivity contribution is 5.88. The number of nitriles is 1. The van der Waals surface area contributed by atoms with Gasteiger partial charge in [0.25, 0.3) is 0 Å². The quantitative estimate of drug-likeness (QED) is 0.786. The van der Waals surface area contributed by atoms with Gasteiger partial charge in [0.1, 0.15) is 6.07 Å². The number of hydrogen-bond acceptors (Lipinski definition) is 4. The topological polar surface area (TPSA) is 55.1 Å². The van der Waals surface area contributed by atoms with E-state index in [1.165, 1.54) is 0 Å². The predicted molar refractivity (Wildman–Crippen MR) is 81.9 cm³/mol. The fourth-order valence-electron chi connectivity index (χ4n) is 1.90. The number of aromatic nitrogens is 1. The van der Waals surface area contributed by atoms with E-state index in [9.17, 15) is 5.26 Å². The number of nitrogens with zero attached hydrogens (tertiary/aromatic N) is 2. The summed E-state index contributed by atoms with van der Waals surface area (Å²) >= 11 is 0. The largest absolute Gasteiger partial charge is 0.493 e. The summed E-state index contributed by atoms with van der Waals surface area (Å²) in [7, 11) is 1.59. The molecular weight excluding hydrogens is 264 g/mol. The van der Waals surface area contributed by atoms with Gasteiger partial charge in [0.05, 0.1) is 25.0 Å². The van der Waals surface area contributed by atoms with Crippen molar-refractivity contribution in [2.75, 3.05) is 13.7 Å². The molecule has 0 radical (unpaired) electrons. The molecule has 1 aromatic heterocycles. The van der Waals surface area contributed by atoms with Crippen molar-refractivity contribution in [1.82, 2.24) is 4.98 Å². The number of methoxy groups -OCH3 is 1. The Morgan fingerprint density at radius 2 is 2.14 bits per heavy atom. The normalized spacial score (nSPS) is 10.8. The first-order valence-corrected chi connectivity index (χ1v) is 6.62. The summed E-state index contributed by atoms with van der Waals surface area (Å²) in [5.41, 5.74) is 2.01. The SMILES string of the molecule is CCOc1ccc(C=C(C#N)c2ccccn2)cc1OC. The van der Waals surface area contributed by atoms with E-state index >= 15 is 0 Å². The Bertz CT molecular complexity index is 673. The molecule has 4 nitrogen and oxygen atoms in total. The molecule has 0 fully saturated rings. The fourth-order valence-corrected chi connectivity index (χ4v) is 1.90. The molecule has 4 heteroatoms. The van der Waals surface area contributed by atoms with Crippen LogP contribution >= 0.6 is 0 Å². The molecule has 0 aliphatic carbocycles. The highest BCUT2D eigenvalue weighted by Gasteiger charge is 2.06. The molecule has 0 aliphatic rings. The van der Waals surface area contributed by atoms with E-state index in [0.717, 1.165) is 5.56 Å². The van der Waals surface area contributed by atoms with Gasteiger partial charge in [0, 0.05) is 6.20 Å². The van der Waals surface area contributed by atoms with Gasteiger partial charge in [-0.15, -0.1) is 0 Å². The van der Waals surface area contributed by atoms with Crippen molar-refractivity contribution in [2.24, 2.45) is 0 Å². The van der Waals surface area contributed by atoms with Gasteiger partial charge in [0.15, 0.2) is 11.5 Å². The van der Waals surface area contributed by atoms with Gasteiger partial charge >= 0.3 is 0 Å². The van der Waals surface area contributed by atoms with E-state index in [-0.39, 0.29) is 0 Å². The van der Waals surface area contributed by atoms with Gasteiger partial charge in [-0.25, -0.2) is 0 Å². The monoisotopic (exact) mass is 280 g/mol. The predicted octanol–water partition coefficient (Wildman–Crippen LogP) is 3.55. The molecule has 2 rings (SSSR count). The third-order valence-corrected chi connectivity index (χ3v) is 2.86. The number of hydrogen-bond donors (Lipinski definition) is 0. The number of rotatable bonds is 5. The van der Waals surface area contributed by atoms with Crippen LogP contribution < -0.4 is 9.47 Å². The van der Waals surface area contributed by atoms with Crippen LogP contribution in [-0.2, 0) is 0 Å². The minimum atomic E-state index is 0.502. The van der Waals surface area contributed by atoms with Crippen molar-refractivity contribution in [3.8, 4) is 17.6 Å². The second kappa shape index (κ2) is 7.11. The molecule has 1 aromatic carbocycles. The van der Waals surface area contributed by atoms with Crippen LogP contribution in [0.1, 0.15) is 18.2 Å². The van der Waals surface area contributed by atoms with Gasteiger partial charge < -0.3 is 9.47 Å². The maximum absolute atomic E-state index is 9.29. The minimum absolute atomic E-state index is 0.502. The third-order valence-electron chi connectivity index (χ3n) is 2.86. The van der Waals surface area contributed by atoms with Gasteiger partial charge in [0.2, 0.25) is 0 Å². The van der Waals surface area contributed by atoms with Crippen molar-refractivity contribution in [3.05, 3.63) is 53.9 Å². The van der Waals surface area contributed by atoms with E-state index in [1.807, 2.05) is 37.3 Å². The Balaban J connectivity index is 2.38. The zero-order valence-electron chi connectivity index (χ0n) is 12.0. The van der Waals surface area contributed by atoms with E-state index < -0.39 is 0 Å². The number of benzene rings is 1. The summed E-state index contributed by atoms with van der Waals surface area (Å²) < 4.78 is 10.8. The van der Waals surface area contributed by atoms with Crippen LogP contribution in [0, 0.1) is 11.3 Å². The summed E-state index contributed by atoms with van der Waals surface area (Å²) in [6.07, 6.45) is 3.44. The zero-order valence-corrected chi connectivity index (χ0v) is 12.0. The summed E-state index contributed by atoms with van der Waals surface area (Å²) in [5.74, 6) is 1.33. The Morgan fingerprint density at radius 1 is 1.29 bits per heavy atom. The molecule has 0 bridgehead atoms. The van der Waals surface area contributed by atoms with E-state index in [1.54, 1.807) is 25.4 Å². The lowest BCUT2D eigenvalue weighted by atomic mass is 10.1. The molecule has 0 atom stereocenters. The number of allylic oxidation sites excluding steroid dienone is 1. The van der Waals surface area contributed by atoms with Crippen molar-refractivity contribution in [2.45, 2.75) is 6.92 Å². The molecule has 0 N–H and O–H groups in total. The first kappa shape index (κ1) is 14.6. The molecule has 106 valence electrons. The summed E-state index contributed by atoms with van der Waals surface area (Å²) in [6, 6.07) is 13.2. The molecule has 2 aromatic rings. The first-order valence-electron chi connectivity index (χ1n) is 6.62. The van der Waals surface area contributed by atoms with Crippen LogP contribution in [0.15, 0.2) is 42.6 Å². The van der Waals surface area contributed by atoms with Crippen LogP contribution in [0.4, 0.5) is 0 Å². The summed E-state index contributed by atoms with van der Waals surface area (Å²) in [4.78, 5) is 4.19. The molecule has 0 spiro atoms. The van der Waals surface area contributed by atoms with E-state index in [0.29, 0.717) is 29.4 Å². The molecule has 0 amide bonds. The fraction of sp³-hybridized carbons (Fsp3) is 0.176. The Hall–Kier alpha value is -2.80. The molecule has 0 unspecified atom stereocenters. The Kier molecular flexibility index (Phi) is 4.94. The smallest absolute Gasteiger partial charge is 0.161 e. The maximum Gasteiger partial charge on any atom is 0.161 e. The maximum atomic E-state index is 9.29. The molecule has 1 heterocycles. The van der Waals surface area contributed by atoms with Crippen LogP contribution in [-0.4, -0.2) is 18.7 Å². The summed E-state index contributed by atoms with van der Waals surface area (Å²) in [5, 5.41) is 9.29. The average Bonchev–Trinajstić information content (AvgIpc) is 2.54. The third kappa shape index (κ3) is 3.61. The zero-order chi connectivity index (χ0) is 15.1. The number of ether oxygens (including phenoxy) is 2. The first-order chi connectivity index (χ1) is 10.3. The van der Waals surface area contributed by atoms with Gasteiger partial charge in [-0.3, -0.25) is 4.98 Å². The highest BCUT2D eigenvalue weighted by Crippen LogP contribution is 2.29. The summed E-state index contributed by atoms with van der Waals surface area (Å²) in [6.45, 7) is 2.49.